The van der Waals surface area contributed by atoms with Crippen molar-refractivity contribution in [3.63, 3.8) is 0 Å². The van der Waals surface area contributed by atoms with Gasteiger partial charge in [-0.1, -0.05) is 12.1 Å². The van der Waals surface area contributed by atoms with Gasteiger partial charge in [0.25, 0.3) is 0 Å². The highest BCUT2D eigenvalue weighted by Gasteiger charge is 2.21. The zero-order valence-electron chi connectivity index (χ0n) is 7.50. The molecule has 0 bridgehead atoms. The number of hydrogen-bond donors (Lipinski definition) is 2. The standard InChI is InChI=1S/C10H13FO2/c1-10(13,6-7-12)8-2-4-9(11)5-3-8/h2-5,12-13H,6-7H2,1H3/t10-/m1/s1. The van der Waals surface area contributed by atoms with Crippen molar-refractivity contribution < 1.29 is 14.6 Å². The summed E-state index contributed by atoms with van der Waals surface area (Å²) < 4.78 is 12.5. The summed E-state index contributed by atoms with van der Waals surface area (Å²) in [5, 5.41) is 18.5. The van der Waals surface area contributed by atoms with Crippen LogP contribution in [0.25, 0.3) is 0 Å². The first-order valence-electron chi connectivity index (χ1n) is 4.15. The van der Waals surface area contributed by atoms with Crippen molar-refractivity contribution in [2.75, 3.05) is 6.61 Å². The third-order valence-corrected chi connectivity index (χ3v) is 2.06. The maximum atomic E-state index is 12.5. The molecule has 0 aliphatic heterocycles. The van der Waals surface area contributed by atoms with Gasteiger partial charge in [-0.15, -0.1) is 0 Å². The molecule has 0 saturated carbocycles. The molecule has 0 radical (unpaired) electrons. The molecule has 2 N–H and O–H groups in total. The van der Waals surface area contributed by atoms with E-state index in [0.29, 0.717) is 5.56 Å². The van der Waals surface area contributed by atoms with Crippen molar-refractivity contribution in [1.29, 1.82) is 0 Å². The number of hydrogen-bond acceptors (Lipinski definition) is 2. The van der Waals surface area contributed by atoms with Crippen LogP contribution in [0.2, 0.25) is 0 Å². The van der Waals surface area contributed by atoms with Gasteiger partial charge in [-0.05, 0) is 24.6 Å². The van der Waals surface area contributed by atoms with Gasteiger partial charge in [-0.25, -0.2) is 4.39 Å². The van der Waals surface area contributed by atoms with Crippen molar-refractivity contribution in [2.45, 2.75) is 18.9 Å². The molecule has 1 aromatic rings. The van der Waals surface area contributed by atoms with Crippen molar-refractivity contribution in [2.24, 2.45) is 0 Å². The molecule has 1 aromatic carbocycles. The Hall–Kier alpha value is -0.930. The number of benzene rings is 1. The molecule has 0 aliphatic rings. The first-order chi connectivity index (χ1) is 6.06. The number of aliphatic hydroxyl groups excluding tert-OH is 1. The zero-order valence-corrected chi connectivity index (χ0v) is 7.50. The normalized spacial score (nSPS) is 15.4. The summed E-state index contributed by atoms with van der Waals surface area (Å²) in [6.45, 7) is 1.50. The van der Waals surface area contributed by atoms with E-state index < -0.39 is 5.60 Å². The summed E-state index contributed by atoms with van der Waals surface area (Å²) in [6, 6.07) is 5.62. The molecule has 0 aliphatic carbocycles. The molecule has 13 heavy (non-hydrogen) atoms. The van der Waals surface area contributed by atoms with E-state index in [2.05, 4.69) is 0 Å². The number of aliphatic hydroxyl groups is 2. The third kappa shape index (κ3) is 2.50. The van der Waals surface area contributed by atoms with Crippen molar-refractivity contribution in [3.05, 3.63) is 35.6 Å². The van der Waals surface area contributed by atoms with Crippen LogP contribution < -0.4 is 0 Å². The molecule has 0 aromatic heterocycles. The fourth-order valence-electron chi connectivity index (χ4n) is 1.17. The second-order valence-corrected chi connectivity index (χ2v) is 3.25. The quantitative estimate of drug-likeness (QED) is 0.745. The molecule has 0 spiro atoms. The lowest BCUT2D eigenvalue weighted by molar-refractivity contribution is 0.0299. The molecule has 1 rings (SSSR count). The molecule has 3 heteroatoms. The molecular weight excluding hydrogens is 171 g/mol. The van der Waals surface area contributed by atoms with E-state index in [1.165, 1.54) is 24.3 Å². The third-order valence-electron chi connectivity index (χ3n) is 2.06. The van der Waals surface area contributed by atoms with Gasteiger partial charge in [0.05, 0.1) is 5.60 Å². The van der Waals surface area contributed by atoms with Crippen LogP contribution in [0.3, 0.4) is 0 Å². The first kappa shape index (κ1) is 10.2. The number of halogens is 1. The summed E-state index contributed by atoms with van der Waals surface area (Å²) >= 11 is 0. The molecule has 72 valence electrons. The minimum atomic E-state index is -1.08. The fourth-order valence-corrected chi connectivity index (χ4v) is 1.17. The van der Waals surface area contributed by atoms with Gasteiger partial charge < -0.3 is 10.2 Å². The SMILES string of the molecule is C[C@@](O)(CCO)c1ccc(F)cc1. The van der Waals surface area contributed by atoms with Crippen LogP contribution in [0.15, 0.2) is 24.3 Å². The maximum Gasteiger partial charge on any atom is 0.123 e. The van der Waals surface area contributed by atoms with Crippen LogP contribution in [0, 0.1) is 5.82 Å². The highest BCUT2D eigenvalue weighted by Crippen LogP contribution is 2.23. The largest absolute Gasteiger partial charge is 0.396 e. The summed E-state index contributed by atoms with van der Waals surface area (Å²) in [5.74, 6) is -0.330. The second kappa shape index (κ2) is 3.85. The van der Waals surface area contributed by atoms with Crippen LogP contribution >= 0.6 is 0 Å². The van der Waals surface area contributed by atoms with Gasteiger partial charge in [0, 0.05) is 13.0 Å². The highest BCUT2D eigenvalue weighted by atomic mass is 19.1. The Balaban J connectivity index is 2.87. The Labute approximate surface area is 76.6 Å². The summed E-state index contributed by atoms with van der Waals surface area (Å²) in [6.07, 6.45) is 0.249. The Kier molecular flexibility index (Phi) is 3.01. The summed E-state index contributed by atoms with van der Waals surface area (Å²) in [5.41, 5.74) is -0.467. The predicted molar refractivity (Wildman–Crippen MR) is 47.7 cm³/mol. The van der Waals surface area contributed by atoms with E-state index in [4.69, 9.17) is 5.11 Å². The van der Waals surface area contributed by atoms with E-state index in [1.54, 1.807) is 6.92 Å². The molecule has 1 atom stereocenters. The number of rotatable bonds is 3. The van der Waals surface area contributed by atoms with E-state index in [9.17, 15) is 9.50 Å². The van der Waals surface area contributed by atoms with E-state index in [0.717, 1.165) is 0 Å². The lowest BCUT2D eigenvalue weighted by Gasteiger charge is -2.22. The molecule has 0 amide bonds. The maximum absolute atomic E-state index is 12.5. The van der Waals surface area contributed by atoms with Gasteiger partial charge in [0.15, 0.2) is 0 Å². The Bertz CT molecular complexity index is 267. The monoisotopic (exact) mass is 184 g/mol. The lowest BCUT2D eigenvalue weighted by Crippen LogP contribution is -2.22. The Morgan fingerprint density at radius 3 is 2.31 bits per heavy atom. The Morgan fingerprint density at radius 2 is 1.85 bits per heavy atom. The first-order valence-corrected chi connectivity index (χ1v) is 4.15. The second-order valence-electron chi connectivity index (χ2n) is 3.25. The van der Waals surface area contributed by atoms with Crippen LogP contribution in [0.5, 0.6) is 0 Å². The van der Waals surface area contributed by atoms with Crippen LogP contribution in [-0.2, 0) is 5.60 Å². The molecule has 0 unspecified atom stereocenters. The topological polar surface area (TPSA) is 40.5 Å². The average Bonchev–Trinajstić information content (AvgIpc) is 2.05. The Morgan fingerprint density at radius 1 is 1.31 bits per heavy atom. The van der Waals surface area contributed by atoms with Gasteiger partial charge >= 0.3 is 0 Å². The molecule has 0 saturated heterocycles. The van der Waals surface area contributed by atoms with Crippen LogP contribution in [0.4, 0.5) is 4.39 Å². The van der Waals surface area contributed by atoms with Crippen LogP contribution in [0.1, 0.15) is 18.9 Å². The van der Waals surface area contributed by atoms with E-state index >= 15 is 0 Å². The predicted octanol–water partition coefficient (Wildman–Crippen LogP) is 1.42. The van der Waals surface area contributed by atoms with Crippen molar-refractivity contribution in [3.8, 4) is 0 Å². The lowest BCUT2D eigenvalue weighted by atomic mass is 9.93. The summed E-state index contributed by atoms with van der Waals surface area (Å²) in [7, 11) is 0. The van der Waals surface area contributed by atoms with Gasteiger partial charge in [0.1, 0.15) is 5.82 Å². The van der Waals surface area contributed by atoms with Crippen LogP contribution in [-0.4, -0.2) is 16.8 Å². The molecule has 2 nitrogen and oxygen atoms in total. The fraction of sp³-hybridized carbons (Fsp3) is 0.400. The van der Waals surface area contributed by atoms with Gasteiger partial charge in [-0.3, -0.25) is 0 Å². The average molecular weight is 184 g/mol. The van der Waals surface area contributed by atoms with Crippen molar-refractivity contribution >= 4 is 0 Å². The highest BCUT2D eigenvalue weighted by molar-refractivity contribution is 5.22. The van der Waals surface area contributed by atoms with Gasteiger partial charge in [-0.2, -0.15) is 0 Å². The van der Waals surface area contributed by atoms with Gasteiger partial charge in [0.2, 0.25) is 0 Å². The molecule has 0 fully saturated rings. The minimum Gasteiger partial charge on any atom is -0.396 e. The van der Waals surface area contributed by atoms with Crippen molar-refractivity contribution in [1.82, 2.24) is 0 Å². The molecular formula is C10H13FO2. The molecule has 0 heterocycles. The minimum absolute atomic E-state index is 0.0929. The zero-order chi connectivity index (χ0) is 9.90. The summed E-state index contributed by atoms with van der Waals surface area (Å²) in [4.78, 5) is 0. The smallest absolute Gasteiger partial charge is 0.123 e. The van der Waals surface area contributed by atoms with E-state index in [1.807, 2.05) is 0 Å². The van der Waals surface area contributed by atoms with E-state index in [-0.39, 0.29) is 18.8 Å².